The van der Waals surface area contributed by atoms with Crippen LogP contribution in [-0.4, -0.2) is 46.9 Å². The summed E-state index contributed by atoms with van der Waals surface area (Å²) in [4.78, 5) is 12.4. The molecule has 0 bridgehead atoms. The molecule has 0 radical (unpaired) electrons. The molecule has 4 aromatic rings. The Morgan fingerprint density at radius 2 is 1.83 bits per heavy atom. The maximum Gasteiger partial charge on any atom is 0.250 e. The van der Waals surface area contributed by atoms with E-state index in [4.69, 9.17) is 9.47 Å². The van der Waals surface area contributed by atoms with Gasteiger partial charge >= 0.3 is 0 Å². The number of hydrogen-bond acceptors (Lipinski definition) is 7. The van der Waals surface area contributed by atoms with Crippen molar-refractivity contribution in [1.82, 2.24) is 20.2 Å². The van der Waals surface area contributed by atoms with Crippen molar-refractivity contribution in [3.05, 3.63) is 82.8 Å². The Morgan fingerprint density at radius 3 is 2.51 bits per heavy atom. The fourth-order valence-corrected chi connectivity index (χ4v) is 4.51. The number of amides is 1. The summed E-state index contributed by atoms with van der Waals surface area (Å²) in [7, 11) is 3.23. The molecule has 0 aliphatic carbocycles. The van der Waals surface area contributed by atoms with Gasteiger partial charge in [-0.25, -0.2) is 5.43 Å². The van der Waals surface area contributed by atoms with Crippen molar-refractivity contribution in [1.29, 1.82) is 0 Å². The van der Waals surface area contributed by atoms with Crippen molar-refractivity contribution < 1.29 is 14.3 Å². The normalized spacial score (nSPS) is 10.9. The standard InChI is InChI=1S/C25H22BrN5O3S/c1-33-20-11-9-19(10-12-20)31-24(18-6-4-3-5-7-18)29-30-25(31)35-16-23(32)28-27-15-17-8-13-22(34-2)21(26)14-17/h3-15H,16H2,1-2H3,(H,28,32)/b27-15-. The highest BCUT2D eigenvalue weighted by Crippen LogP contribution is 2.29. The zero-order valence-electron chi connectivity index (χ0n) is 19.0. The Labute approximate surface area is 215 Å². The lowest BCUT2D eigenvalue weighted by atomic mass is 10.2. The molecule has 10 heteroatoms. The number of nitrogens with one attached hydrogen (secondary N) is 1. The SMILES string of the molecule is COc1ccc(-n2c(SCC(=O)N/N=C\c3ccc(OC)c(Br)c3)nnc2-c2ccccc2)cc1. The van der Waals surface area contributed by atoms with Gasteiger partial charge in [-0.2, -0.15) is 5.10 Å². The average Bonchev–Trinajstić information content (AvgIpc) is 3.32. The van der Waals surface area contributed by atoms with Crippen molar-refractivity contribution in [2.24, 2.45) is 5.10 Å². The third-order valence-corrected chi connectivity index (χ3v) is 6.46. The molecule has 0 unspecified atom stereocenters. The molecule has 0 aliphatic rings. The predicted molar refractivity (Wildman–Crippen MR) is 141 cm³/mol. The third kappa shape index (κ3) is 6.09. The Kier molecular flexibility index (Phi) is 8.17. The van der Waals surface area contributed by atoms with Gasteiger partial charge in [0.2, 0.25) is 0 Å². The van der Waals surface area contributed by atoms with E-state index in [1.165, 1.54) is 11.8 Å². The summed E-state index contributed by atoms with van der Waals surface area (Å²) in [5.74, 6) is 2.01. The van der Waals surface area contributed by atoms with Gasteiger partial charge in [0.05, 0.1) is 30.7 Å². The number of thioether (sulfide) groups is 1. The highest BCUT2D eigenvalue weighted by Gasteiger charge is 2.17. The second-order valence-corrected chi connectivity index (χ2v) is 8.98. The van der Waals surface area contributed by atoms with E-state index in [0.29, 0.717) is 11.0 Å². The number of ether oxygens (including phenoxy) is 2. The highest BCUT2D eigenvalue weighted by molar-refractivity contribution is 9.10. The number of hydrogen-bond donors (Lipinski definition) is 1. The van der Waals surface area contributed by atoms with E-state index in [0.717, 1.165) is 32.8 Å². The van der Waals surface area contributed by atoms with Gasteiger partial charge in [-0.05, 0) is 64.0 Å². The molecule has 178 valence electrons. The highest BCUT2D eigenvalue weighted by atomic mass is 79.9. The zero-order chi connectivity index (χ0) is 24.6. The number of halogens is 1. The Hall–Kier alpha value is -3.63. The van der Waals surface area contributed by atoms with E-state index in [1.54, 1.807) is 20.4 Å². The van der Waals surface area contributed by atoms with Crippen molar-refractivity contribution in [2.45, 2.75) is 5.16 Å². The van der Waals surface area contributed by atoms with Crippen LogP contribution in [0.1, 0.15) is 5.56 Å². The second kappa shape index (κ2) is 11.7. The largest absolute Gasteiger partial charge is 0.497 e. The topological polar surface area (TPSA) is 90.6 Å². The van der Waals surface area contributed by atoms with E-state index in [-0.39, 0.29) is 11.7 Å². The maximum absolute atomic E-state index is 12.4. The minimum atomic E-state index is -0.260. The van der Waals surface area contributed by atoms with E-state index in [2.05, 4.69) is 36.7 Å². The summed E-state index contributed by atoms with van der Waals surface area (Å²) in [6.45, 7) is 0. The average molecular weight is 552 g/mol. The van der Waals surface area contributed by atoms with Gasteiger partial charge < -0.3 is 9.47 Å². The molecular weight excluding hydrogens is 530 g/mol. The van der Waals surface area contributed by atoms with Crippen LogP contribution >= 0.6 is 27.7 Å². The maximum atomic E-state index is 12.4. The number of rotatable bonds is 9. The first-order valence-electron chi connectivity index (χ1n) is 10.5. The summed E-state index contributed by atoms with van der Waals surface area (Å²) in [6, 6.07) is 22.9. The molecular formula is C25H22BrN5O3S. The molecule has 0 atom stereocenters. The fraction of sp³-hybridized carbons (Fsp3) is 0.120. The van der Waals surface area contributed by atoms with Crippen LogP contribution < -0.4 is 14.9 Å². The lowest BCUT2D eigenvalue weighted by Crippen LogP contribution is -2.20. The monoisotopic (exact) mass is 551 g/mol. The van der Waals surface area contributed by atoms with E-state index in [9.17, 15) is 4.79 Å². The van der Waals surface area contributed by atoms with Crippen molar-refractivity contribution in [3.8, 4) is 28.6 Å². The van der Waals surface area contributed by atoms with E-state index < -0.39 is 0 Å². The Bertz CT molecular complexity index is 1330. The van der Waals surface area contributed by atoms with Crippen molar-refractivity contribution in [2.75, 3.05) is 20.0 Å². The van der Waals surface area contributed by atoms with Crippen LogP contribution in [0.25, 0.3) is 17.1 Å². The van der Waals surface area contributed by atoms with Gasteiger partial charge in [-0.3, -0.25) is 9.36 Å². The Balaban J connectivity index is 1.48. The van der Waals surface area contributed by atoms with Gasteiger partial charge in [-0.15, -0.1) is 10.2 Å². The van der Waals surface area contributed by atoms with Gasteiger partial charge in [0.25, 0.3) is 5.91 Å². The van der Waals surface area contributed by atoms with E-state index in [1.807, 2.05) is 77.4 Å². The fourth-order valence-electron chi connectivity index (χ4n) is 3.21. The minimum Gasteiger partial charge on any atom is -0.497 e. The number of aromatic nitrogens is 3. The molecule has 8 nitrogen and oxygen atoms in total. The molecule has 4 rings (SSSR count). The third-order valence-electron chi connectivity index (χ3n) is 4.91. The number of carbonyl (C=O) groups excluding carboxylic acids is 1. The van der Waals surface area contributed by atoms with Crippen LogP contribution in [0.3, 0.4) is 0 Å². The molecule has 0 saturated heterocycles. The molecule has 0 fully saturated rings. The van der Waals surface area contributed by atoms with Crippen LogP contribution in [-0.2, 0) is 4.79 Å². The van der Waals surface area contributed by atoms with E-state index >= 15 is 0 Å². The summed E-state index contributed by atoms with van der Waals surface area (Å²) in [5.41, 5.74) is 5.15. The van der Waals surface area contributed by atoms with Crippen LogP contribution in [0.2, 0.25) is 0 Å². The number of carbonyl (C=O) groups is 1. The Morgan fingerprint density at radius 1 is 1.06 bits per heavy atom. The van der Waals surface area contributed by atoms with Gasteiger partial charge in [0.1, 0.15) is 11.5 Å². The molecule has 1 N–H and O–H groups in total. The molecule has 35 heavy (non-hydrogen) atoms. The summed E-state index contributed by atoms with van der Waals surface area (Å²) in [5, 5.41) is 13.4. The summed E-state index contributed by atoms with van der Waals surface area (Å²) < 4.78 is 13.2. The summed E-state index contributed by atoms with van der Waals surface area (Å²) >= 11 is 4.71. The molecule has 0 spiro atoms. The van der Waals surface area contributed by atoms with Crippen LogP contribution in [0, 0.1) is 0 Å². The molecule has 1 aromatic heterocycles. The van der Waals surface area contributed by atoms with Crippen LogP contribution in [0.15, 0.2) is 87.5 Å². The quantitative estimate of drug-likeness (QED) is 0.180. The van der Waals surface area contributed by atoms with Crippen LogP contribution in [0.4, 0.5) is 0 Å². The first-order valence-corrected chi connectivity index (χ1v) is 12.3. The first-order chi connectivity index (χ1) is 17.1. The first kappa shape index (κ1) is 24.5. The number of hydrazone groups is 1. The molecule has 1 amide bonds. The predicted octanol–water partition coefficient (Wildman–Crippen LogP) is 4.96. The van der Waals surface area contributed by atoms with Crippen LogP contribution in [0.5, 0.6) is 11.5 Å². The zero-order valence-corrected chi connectivity index (χ0v) is 21.4. The minimum absolute atomic E-state index is 0.118. The smallest absolute Gasteiger partial charge is 0.250 e. The molecule has 3 aromatic carbocycles. The lowest BCUT2D eigenvalue weighted by molar-refractivity contribution is -0.118. The van der Waals surface area contributed by atoms with Gasteiger partial charge in [0, 0.05) is 11.3 Å². The number of methoxy groups -OCH3 is 2. The molecule has 0 saturated carbocycles. The lowest BCUT2D eigenvalue weighted by Gasteiger charge is -2.11. The summed E-state index contributed by atoms with van der Waals surface area (Å²) in [6.07, 6.45) is 1.57. The van der Waals surface area contributed by atoms with Crippen molar-refractivity contribution in [3.63, 3.8) is 0 Å². The number of nitrogens with zero attached hydrogens (tertiary/aromatic N) is 4. The number of benzene rings is 3. The van der Waals surface area contributed by atoms with Gasteiger partial charge in [-0.1, -0.05) is 42.1 Å². The molecule has 0 aliphatic heterocycles. The van der Waals surface area contributed by atoms with Gasteiger partial charge in [0.15, 0.2) is 11.0 Å². The molecule has 1 heterocycles. The van der Waals surface area contributed by atoms with Crippen molar-refractivity contribution >= 4 is 39.8 Å². The second-order valence-electron chi connectivity index (χ2n) is 7.18.